The molecule has 1 aromatic carbocycles. The van der Waals surface area contributed by atoms with Gasteiger partial charge in [-0.2, -0.15) is 5.11 Å². The molecule has 7 nitrogen and oxygen atoms in total. The smallest absolute Gasteiger partial charge is 0.198 e. The molecule has 4 heterocycles. The number of rotatable bonds is 3. The molecule has 2 aromatic heterocycles. The maximum absolute atomic E-state index is 9.76. The first-order valence-corrected chi connectivity index (χ1v) is 8.81. The summed E-state index contributed by atoms with van der Waals surface area (Å²) in [5.41, 5.74) is 2.97. The van der Waals surface area contributed by atoms with E-state index >= 15 is 0 Å². The molecule has 1 fully saturated rings. The Kier molecular flexibility index (Phi) is 3.60. The third-order valence-electron chi connectivity index (χ3n) is 4.96. The van der Waals surface area contributed by atoms with Crippen LogP contribution in [0.2, 0.25) is 0 Å². The SMILES string of the molecule is OC1CCN(c2cnc3c(n2)C(Cc2ccc4ncccc4c2)N=N3)C1. The van der Waals surface area contributed by atoms with Crippen molar-refractivity contribution in [2.24, 2.45) is 10.2 Å². The van der Waals surface area contributed by atoms with Gasteiger partial charge in [-0.25, -0.2) is 9.97 Å². The highest BCUT2D eigenvalue weighted by Crippen LogP contribution is 2.36. The molecule has 26 heavy (non-hydrogen) atoms. The minimum absolute atomic E-state index is 0.126. The molecule has 2 atom stereocenters. The highest BCUT2D eigenvalue weighted by Gasteiger charge is 2.27. The molecule has 2 aliphatic rings. The van der Waals surface area contributed by atoms with Crippen molar-refractivity contribution in [1.82, 2.24) is 15.0 Å². The number of aliphatic hydroxyl groups is 1. The number of hydrogen-bond donors (Lipinski definition) is 1. The van der Waals surface area contributed by atoms with Gasteiger partial charge in [-0.15, -0.1) is 5.11 Å². The lowest BCUT2D eigenvalue weighted by atomic mass is 10.0. The fourth-order valence-electron chi connectivity index (χ4n) is 3.58. The Bertz CT molecular complexity index is 1000. The Hall–Kier alpha value is -2.93. The molecule has 0 amide bonds. The molecule has 0 aliphatic carbocycles. The van der Waals surface area contributed by atoms with Crippen LogP contribution in [0.25, 0.3) is 10.9 Å². The lowest BCUT2D eigenvalue weighted by Crippen LogP contribution is -2.22. The van der Waals surface area contributed by atoms with Gasteiger partial charge in [0.25, 0.3) is 0 Å². The molecular formula is C19H18N6O. The van der Waals surface area contributed by atoms with Gasteiger partial charge in [0.05, 0.1) is 17.8 Å². The zero-order chi connectivity index (χ0) is 17.5. The van der Waals surface area contributed by atoms with E-state index in [4.69, 9.17) is 4.98 Å². The summed E-state index contributed by atoms with van der Waals surface area (Å²) in [7, 11) is 0. The van der Waals surface area contributed by atoms with Crippen LogP contribution < -0.4 is 4.90 Å². The van der Waals surface area contributed by atoms with E-state index in [0.29, 0.717) is 12.4 Å². The molecular weight excluding hydrogens is 328 g/mol. The number of hydrogen-bond acceptors (Lipinski definition) is 7. The fourth-order valence-corrected chi connectivity index (χ4v) is 3.58. The van der Waals surface area contributed by atoms with Crippen LogP contribution in [0.4, 0.5) is 11.6 Å². The Labute approximate surface area is 150 Å². The molecule has 0 saturated carbocycles. The van der Waals surface area contributed by atoms with Crippen LogP contribution in [-0.4, -0.2) is 39.3 Å². The number of pyridine rings is 1. The van der Waals surface area contributed by atoms with Crippen molar-refractivity contribution in [3.63, 3.8) is 0 Å². The van der Waals surface area contributed by atoms with Gasteiger partial charge in [0.1, 0.15) is 17.6 Å². The van der Waals surface area contributed by atoms with E-state index < -0.39 is 0 Å². The first-order valence-electron chi connectivity index (χ1n) is 8.81. The lowest BCUT2D eigenvalue weighted by Gasteiger charge is -2.17. The summed E-state index contributed by atoms with van der Waals surface area (Å²) in [5.74, 6) is 1.39. The lowest BCUT2D eigenvalue weighted by molar-refractivity contribution is 0.198. The first-order chi connectivity index (χ1) is 12.8. The minimum Gasteiger partial charge on any atom is -0.391 e. The van der Waals surface area contributed by atoms with Gasteiger partial charge in [0.2, 0.25) is 0 Å². The van der Waals surface area contributed by atoms with Crippen molar-refractivity contribution in [3.05, 3.63) is 54.0 Å². The normalized spacial score (nSPS) is 21.5. The van der Waals surface area contributed by atoms with Crippen molar-refractivity contribution in [2.75, 3.05) is 18.0 Å². The zero-order valence-electron chi connectivity index (χ0n) is 14.2. The second kappa shape index (κ2) is 6.10. The fraction of sp³-hybridized carbons (Fsp3) is 0.316. The number of fused-ring (bicyclic) bond motifs is 2. The summed E-state index contributed by atoms with van der Waals surface area (Å²) in [6.45, 7) is 1.40. The summed E-state index contributed by atoms with van der Waals surface area (Å²) in [5, 5.41) is 19.4. The molecule has 0 radical (unpaired) electrons. The van der Waals surface area contributed by atoms with Gasteiger partial charge in [0.15, 0.2) is 5.82 Å². The molecule has 2 aliphatic heterocycles. The molecule has 7 heteroatoms. The molecule has 0 bridgehead atoms. The van der Waals surface area contributed by atoms with E-state index in [1.54, 1.807) is 12.4 Å². The van der Waals surface area contributed by atoms with Crippen LogP contribution in [0.1, 0.15) is 23.7 Å². The van der Waals surface area contributed by atoms with Crippen LogP contribution in [0.15, 0.2) is 53.0 Å². The van der Waals surface area contributed by atoms with Crippen molar-refractivity contribution < 1.29 is 5.11 Å². The number of aliphatic hydroxyl groups excluding tert-OH is 1. The number of anilines is 1. The van der Waals surface area contributed by atoms with Gasteiger partial charge in [-0.05, 0) is 30.2 Å². The average molecular weight is 346 g/mol. The summed E-state index contributed by atoms with van der Waals surface area (Å²) < 4.78 is 0. The number of benzene rings is 1. The summed E-state index contributed by atoms with van der Waals surface area (Å²) in [6.07, 6.45) is 4.72. The molecule has 5 rings (SSSR count). The van der Waals surface area contributed by atoms with E-state index in [0.717, 1.165) is 41.8 Å². The number of azo groups is 1. The number of β-amino-alcohol motifs (C(OH)–C–C–N with tert-alkyl or cyclic N) is 1. The maximum Gasteiger partial charge on any atom is 0.198 e. The monoisotopic (exact) mass is 346 g/mol. The van der Waals surface area contributed by atoms with Crippen molar-refractivity contribution in [2.45, 2.75) is 25.0 Å². The minimum atomic E-state index is -0.290. The van der Waals surface area contributed by atoms with Gasteiger partial charge < -0.3 is 10.0 Å². The summed E-state index contributed by atoms with van der Waals surface area (Å²) in [6, 6.07) is 10.1. The molecule has 1 saturated heterocycles. The van der Waals surface area contributed by atoms with E-state index in [2.05, 4.69) is 43.3 Å². The highest BCUT2D eigenvalue weighted by atomic mass is 16.3. The molecule has 0 spiro atoms. The van der Waals surface area contributed by atoms with Crippen molar-refractivity contribution >= 4 is 22.5 Å². The Balaban J connectivity index is 1.42. The van der Waals surface area contributed by atoms with Crippen LogP contribution in [0.5, 0.6) is 0 Å². The first kappa shape index (κ1) is 15.3. The van der Waals surface area contributed by atoms with E-state index in [1.807, 2.05) is 12.1 Å². The van der Waals surface area contributed by atoms with E-state index in [-0.39, 0.29) is 12.1 Å². The maximum atomic E-state index is 9.76. The Morgan fingerprint density at radius 1 is 1.19 bits per heavy atom. The topological polar surface area (TPSA) is 86.9 Å². The third-order valence-corrected chi connectivity index (χ3v) is 4.96. The average Bonchev–Trinajstić information content (AvgIpc) is 3.28. The quantitative estimate of drug-likeness (QED) is 0.788. The molecule has 3 aromatic rings. The second-order valence-electron chi connectivity index (χ2n) is 6.79. The summed E-state index contributed by atoms with van der Waals surface area (Å²) >= 11 is 0. The number of aromatic nitrogens is 3. The van der Waals surface area contributed by atoms with Gasteiger partial charge >= 0.3 is 0 Å². The molecule has 2 unspecified atom stereocenters. The van der Waals surface area contributed by atoms with Gasteiger partial charge in [-0.1, -0.05) is 12.1 Å². The third kappa shape index (κ3) is 2.70. The predicted molar refractivity (Wildman–Crippen MR) is 97.6 cm³/mol. The van der Waals surface area contributed by atoms with Crippen LogP contribution in [0, 0.1) is 0 Å². The Morgan fingerprint density at radius 3 is 3.04 bits per heavy atom. The van der Waals surface area contributed by atoms with Gasteiger partial charge in [0, 0.05) is 31.1 Å². The number of nitrogens with zero attached hydrogens (tertiary/aromatic N) is 6. The largest absolute Gasteiger partial charge is 0.391 e. The highest BCUT2D eigenvalue weighted by molar-refractivity contribution is 5.78. The van der Waals surface area contributed by atoms with Crippen LogP contribution in [0.3, 0.4) is 0 Å². The van der Waals surface area contributed by atoms with E-state index in [1.165, 1.54) is 5.56 Å². The standard InChI is InChI=1S/C19H18N6O/c26-14-5-7-25(11-14)17-10-21-19-18(22-17)16(23-24-19)9-12-3-4-15-13(8-12)2-1-6-20-15/h1-4,6,8,10,14,16,26H,5,7,9,11H2. The molecule has 130 valence electrons. The second-order valence-corrected chi connectivity index (χ2v) is 6.79. The van der Waals surface area contributed by atoms with Gasteiger partial charge in [-0.3, -0.25) is 4.98 Å². The van der Waals surface area contributed by atoms with Crippen molar-refractivity contribution in [3.8, 4) is 0 Å². The predicted octanol–water partition coefficient (Wildman–Crippen LogP) is 2.98. The van der Waals surface area contributed by atoms with Crippen LogP contribution >= 0.6 is 0 Å². The Morgan fingerprint density at radius 2 is 2.15 bits per heavy atom. The van der Waals surface area contributed by atoms with E-state index in [9.17, 15) is 5.11 Å². The molecule has 1 N–H and O–H groups in total. The zero-order valence-corrected chi connectivity index (χ0v) is 14.2. The van der Waals surface area contributed by atoms with Crippen molar-refractivity contribution in [1.29, 1.82) is 0 Å². The summed E-state index contributed by atoms with van der Waals surface area (Å²) in [4.78, 5) is 15.6. The van der Waals surface area contributed by atoms with Crippen LogP contribution in [-0.2, 0) is 6.42 Å².